The monoisotopic (exact) mass is 397 g/mol. The van der Waals surface area contributed by atoms with Crippen molar-refractivity contribution in [1.29, 1.82) is 0 Å². The molecule has 0 saturated carbocycles. The first-order valence-electron chi connectivity index (χ1n) is 11.6. The molecule has 0 bridgehead atoms. The van der Waals surface area contributed by atoms with E-state index in [0.717, 1.165) is 62.5 Å². The number of ether oxygens (including phenoxy) is 2. The van der Waals surface area contributed by atoms with Gasteiger partial charge in [0.05, 0.1) is 12.3 Å². The summed E-state index contributed by atoms with van der Waals surface area (Å²) in [7, 11) is 0. The van der Waals surface area contributed by atoms with Gasteiger partial charge >= 0.3 is 0 Å². The van der Waals surface area contributed by atoms with Crippen molar-refractivity contribution in [2.75, 3.05) is 19.8 Å². The van der Waals surface area contributed by atoms with Crippen LogP contribution in [0.2, 0.25) is 0 Å². The Bertz CT molecular complexity index is 637. The first-order chi connectivity index (χ1) is 14.3. The molecule has 2 aromatic rings. The van der Waals surface area contributed by atoms with Crippen LogP contribution >= 0.6 is 0 Å². The number of aromatic nitrogens is 1. The van der Waals surface area contributed by atoms with E-state index < -0.39 is 0 Å². The molecule has 0 aliphatic rings. The highest BCUT2D eigenvalue weighted by Crippen LogP contribution is 2.21. The molecule has 0 spiro atoms. The molecule has 0 aliphatic carbocycles. The van der Waals surface area contributed by atoms with Crippen molar-refractivity contribution >= 4 is 0 Å². The van der Waals surface area contributed by atoms with Crippen LogP contribution in [0.5, 0.6) is 5.75 Å². The molecule has 3 heteroatoms. The smallest absolute Gasteiger partial charge is 0.119 e. The maximum atomic E-state index is 5.77. The molecule has 0 atom stereocenters. The van der Waals surface area contributed by atoms with Crippen LogP contribution in [0.4, 0.5) is 0 Å². The second kappa shape index (κ2) is 15.0. The highest BCUT2D eigenvalue weighted by atomic mass is 16.5. The van der Waals surface area contributed by atoms with Gasteiger partial charge in [-0.1, -0.05) is 58.4 Å². The van der Waals surface area contributed by atoms with Crippen LogP contribution in [0.1, 0.15) is 77.2 Å². The second-order valence-corrected chi connectivity index (χ2v) is 7.76. The molecule has 0 fully saturated rings. The minimum atomic E-state index is 0.783. The summed E-state index contributed by atoms with van der Waals surface area (Å²) < 4.78 is 11.5. The maximum absolute atomic E-state index is 5.77. The van der Waals surface area contributed by atoms with Crippen molar-refractivity contribution in [1.82, 2.24) is 4.98 Å². The Morgan fingerprint density at radius 1 is 0.690 bits per heavy atom. The molecule has 3 nitrogen and oxygen atoms in total. The van der Waals surface area contributed by atoms with Gasteiger partial charge in [0.2, 0.25) is 0 Å². The number of aryl methyl sites for hydroxylation is 1. The fourth-order valence-electron chi connectivity index (χ4n) is 3.26. The van der Waals surface area contributed by atoms with E-state index in [9.17, 15) is 0 Å². The van der Waals surface area contributed by atoms with Gasteiger partial charge < -0.3 is 9.47 Å². The Morgan fingerprint density at radius 3 is 2.14 bits per heavy atom. The van der Waals surface area contributed by atoms with Crippen LogP contribution in [-0.2, 0) is 11.2 Å². The normalized spacial score (nSPS) is 11.0. The molecule has 160 valence electrons. The topological polar surface area (TPSA) is 31.4 Å². The first kappa shape index (κ1) is 23.4. The number of hydrogen-bond donors (Lipinski definition) is 0. The van der Waals surface area contributed by atoms with Gasteiger partial charge in [-0.25, -0.2) is 0 Å². The average Bonchev–Trinajstić information content (AvgIpc) is 2.76. The van der Waals surface area contributed by atoms with Crippen molar-refractivity contribution < 1.29 is 9.47 Å². The van der Waals surface area contributed by atoms with Crippen molar-refractivity contribution in [3.8, 4) is 17.0 Å². The largest absolute Gasteiger partial charge is 0.494 e. The Morgan fingerprint density at radius 2 is 1.41 bits per heavy atom. The summed E-state index contributed by atoms with van der Waals surface area (Å²) >= 11 is 0. The van der Waals surface area contributed by atoms with E-state index in [-0.39, 0.29) is 0 Å². The van der Waals surface area contributed by atoms with Crippen LogP contribution in [0.15, 0.2) is 42.6 Å². The van der Waals surface area contributed by atoms with Gasteiger partial charge in [-0.15, -0.1) is 0 Å². The van der Waals surface area contributed by atoms with E-state index in [2.05, 4.69) is 43.1 Å². The number of pyridine rings is 1. The van der Waals surface area contributed by atoms with Gasteiger partial charge in [0.25, 0.3) is 0 Å². The average molecular weight is 398 g/mol. The highest BCUT2D eigenvalue weighted by Gasteiger charge is 2.02. The van der Waals surface area contributed by atoms with Crippen molar-refractivity contribution in [3.63, 3.8) is 0 Å². The van der Waals surface area contributed by atoms with Gasteiger partial charge in [-0.3, -0.25) is 4.98 Å². The standard InChI is InChI=1S/C26H39NO2/c1-3-5-7-8-9-10-19-28-20-11-12-23-13-18-26(27-22-23)24-14-16-25(17-15-24)29-21-6-4-2/h13-18,22H,3-12,19-21H2,1-2H3. The lowest BCUT2D eigenvalue weighted by Crippen LogP contribution is -1.99. The summed E-state index contributed by atoms with van der Waals surface area (Å²) in [4.78, 5) is 4.64. The minimum Gasteiger partial charge on any atom is -0.494 e. The third-order valence-corrected chi connectivity index (χ3v) is 5.14. The molecule has 0 aliphatic heterocycles. The molecular weight excluding hydrogens is 358 g/mol. The molecular formula is C26H39NO2. The van der Waals surface area contributed by atoms with Crippen molar-refractivity contribution in [2.45, 2.75) is 78.1 Å². The van der Waals surface area contributed by atoms with E-state index in [1.165, 1.54) is 44.1 Å². The molecule has 0 amide bonds. The van der Waals surface area contributed by atoms with Crippen LogP contribution < -0.4 is 4.74 Å². The van der Waals surface area contributed by atoms with Crippen LogP contribution in [-0.4, -0.2) is 24.8 Å². The fourth-order valence-corrected chi connectivity index (χ4v) is 3.26. The van der Waals surface area contributed by atoms with Gasteiger partial charge in [-0.05, 0) is 61.6 Å². The predicted molar refractivity (Wildman–Crippen MR) is 123 cm³/mol. The number of hydrogen-bond acceptors (Lipinski definition) is 3. The van der Waals surface area contributed by atoms with Gasteiger partial charge in [0, 0.05) is 25.0 Å². The molecule has 0 saturated heterocycles. The Balaban J connectivity index is 1.62. The third kappa shape index (κ3) is 9.94. The molecule has 1 aromatic heterocycles. The van der Waals surface area contributed by atoms with E-state index in [1.54, 1.807) is 0 Å². The van der Waals surface area contributed by atoms with E-state index in [4.69, 9.17) is 9.47 Å². The lowest BCUT2D eigenvalue weighted by atomic mass is 10.1. The molecule has 0 unspecified atom stereocenters. The molecule has 1 aromatic carbocycles. The SMILES string of the molecule is CCCCCCCCOCCCc1ccc(-c2ccc(OCCCC)cc2)nc1. The van der Waals surface area contributed by atoms with Crippen LogP contribution in [0.25, 0.3) is 11.3 Å². The van der Waals surface area contributed by atoms with Gasteiger partial charge in [-0.2, -0.15) is 0 Å². The first-order valence-corrected chi connectivity index (χ1v) is 11.6. The van der Waals surface area contributed by atoms with Crippen molar-refractivity contribution in [3.05, 3.63) is 48.2 Å². The second-order valence-electron chi connectivity index (χ2n) is 7.76. The Hall–Kier alpha value is -1.87. The van der Waals surface area contributed by atoms with E-state index >= 15 is 0 Å². The Labute approximate surface area is 177 Å². The number of rotatable bonds is 16. The quantitative estimate of drug-likeness (QED) is 0.280. The molecule has 0 N–H and O–H groups in total. The molecule has 0 radical (unpaired) electrons. The third-order valence-electron chi connectivity index (χ3n) is 5.14. The van der Waals surface area contributed by atoms with Gasteiger partial charge in [0.15, 0.2) is 0 Å². The number of unbranched alkanes of at least 4 members (excludes halogenated alkanes) is 6. The zero-order valence-electron chi connectivity index (χ0n) is 18.5. The van der Waals surface area contributed by atoms with Crippen LogP contribution in [0, 0.1) is 0 Å². The van der Waals surface area contributed by atoms with Crippen molar-refractivity contribution in [2.24, 2.45) is 0 Å². The highest BCUT2D eigenvalue weighted by molar-refractivity contribution is 5.60. The fraction of sp³-hybridized carbons (Fsp3) is 0.577. The predicted octanol–water partition coefficient (Wildman–Crippen LogP) is 7.24. The number of nitrogens with zero attached hydrogens (tertiary/aromatic N) is 1. The molecule has 2 rings (SSSR count). The van der Waals surface area contributed by atoms with E-state index in [1.807, 2.05) is 18.3 Å². The Kier molecular flexibility index (Phi) is 12.1. The lowest BCUT2D eigenvalue weighted by Gasteiger charge is -2.07. The molecule has 1 heterocycles. The summed E-state index contributed by atoms with van der Waals surface area (Å²) in [5, 5.41) is 0. The number of benzene rings is 1. The summed E-state index contributed by atoms with van der Waals surface area (Å²) in [6, 6.07) is 12.5. The summed E-state index contributed by atoms with van der Waals surface area (Å²) in [5.74, 6) is 0.930. The zero-order chi connectivity index (χ0) is 20.6. The summed E-state index contributed by atoms with van der Waals surface area (Å²) in [5.41, 5.74) is 3.41. The van der Waals surface area contributed by atoms with Gasteiger partial charge in [0.1, 0.15) is 5.75 Å². The summed E-state index contributed by atoms with van der Waals surface area (Å²) in [6.45, 7) is 6.96. The van der Waals surface area contributed by atoms with E-state index in [0.29, 0.717) is 0 Å². The summed E-state index contributed by atoms with van der Waals surface area (Å²) in [6.07, 6.45) is 14.2. The molecule has 29 heavy (non-hydrogen) atoms. The zero-order valence-corrected chi connectivity index (χ0v) is 18.5. The minimum absolute atomic E-state index is 0.783. The van der Waals surface area contributed by atoms with Crippen LogP contribution in [0.3, 0.4) is 0 Å². The lowest BCUT2D eigenvalue weighted by molar-refractivity contribution is 0.127. The maximum Gasteiger partial charge on any atom is 0.119 e.